The van der Waals surface area contributed by atoms with Crippen LogP contribution in [0.3, 0.4) is 0 Å². The molecule has 0 radical (unpaired) electrons. The molecule has 1 amide bonds. The number of carbonyl (C=O) groups excluding carboxylic acids is 2. The summed E-state index contributed by atoms with van der Waals surface area (Å²) in [6.07, 6.45) is 3.19. The van der Waals surface area contributed by atoms with E-state index in [0.717, 1.165) is 10.0 Å². The lowest BCUT2D eigenvalue weighted by molar-refractivity contribution is 0.0996. The molecule has 0 atom stereocenters. The van der Waals surface area contributed by atoms with E-state index in [4.69, 9.17) is 4.74 Å². The Morgan fingerprint density at radius 2 is 1.56 bits per heavy atom. The smallest absolute Gasteiger partial charge is 0.321 e. The molecular weight excluding hydrogens is 470 g/mol. The first-order chi connectivity index (χ1) is 15.5. The van der Waals surface area contributed by atoms with E-state index in [0.29, 0.717) is 28.1 Å². The first-order valence-electron chi connectivity index (χ1n) is 9.77. The highest BCUT2D eigenvalue weighted by Crippen LogP contribution is 2.25. The number of nitrogens with zero attached hydrogens (tertiary/aromatic N) is 2. The van der Waals surface area contributed by atoms with Crippen LogP contribution in [-0.2, 0) is 0 Å². The number of halogens is 1. The summed E-state index contributed by atoms with van der Waals surface area (Å²) in [5.41, 5.74) is 2.56. The number of benzene rings is 3. The predicted molar refractivity (Wildman–Crippen MR) is 125 cm³/mol. The van der Waals surface area contributed by atoms with Gasteiger partial charge in [-0.15, -0.1) is 0 Å². The maximum Gasteiger partial charge on any atom is 0.321 e. The molecule has 7 heteroatoms. The SMILES string of the molecule is Cc1cc(Oc2ncccn2)ccc1NC(=O)c1ccccc1C(=O)c1ccc(Br)cc1. The second kappa shape index (κ2) is 9.53. The van der Waals surface area contributed by atoms with Gasteiger partial charge in [0.1, 0.15) is 5.75 Å². The van der Waals surface area contributed by atoms with Gasteiger partial charge >= 0.3 is 6.01 Å². The van der Waals surface area contributed by atoms with E-state index in [1.807, 2.05) is 6.92 Å². The molecule has 0 unspecified atom stereocenters. The number of hydrogen-bond acceptors (Lipinski definition) is 5. The Kier molecular flexibility index (Phi) is 6.37. The number of ketones is 1. The summed E-state index contributed by atoms with van der Waals surface area (Å²) in [5, 5.41) is 2.89. The van der Waals surface area contributed by atoms with Crippen molar-refractivity contribution in [3.8, 4) is 11.8 Å². The molecular formula is C25H18BrN3O3. The maximum atomic E-state index is 13.0. The number of aryl methyl sites for hydroxylation is 1. The van der Waals surface area contributed by atoms with Crippen molar-refractivity contribution < 1.29 is 14.3 Å². The lowest BCUT2D eigenvalue weighted by Gasteiger charge is -2.12. The number of carbonyl (C=O) groups is 2. The van der Waals surface area contributed by atoms with Crippen LogP contribution in [0.15, 0.2) is 89.7 Å². The Morgan fingerprint density at radius 3 is 2.25 bits per heavy atom. The molecule has 0 bridgehead atoms. The van der Waals surface area contributed by atoms with Crippen LogP contribution in [0.5, 0.6) is 11.8 Å². The summed E-state index contributed by atoms with van der Waals surface area (Å²) < 4.78 is 6.51. The minimum absolute atomic E-state index is 0.216. The third-order valence-corrected chi connectivity index (χ3v) is 5.25. The number of nitrogens with one attached hydrogen (secondary N) is 1. The second-order valence-electron chi connectivity index (χ2n) is 6.95. The fraction of sp³-hybridized carbons (Fsp3) is 0.0400. The van der Waals surface area contributed by atoms with Gasteiger partial charge in [0.25, 0.3) is 5.91 Å². The summed E-state index contributed by atoms with van der Waals surface area (Å²) >= 11 is 3.36. The van der Waals surface area contributed by atoms with Crippen LogP contribution in [0, 0.1) is 6.92 Å². The largest absolute Gasteiger partial charge is 0.424 e. The van der Waals surface area contributed by atoms with Gasteiger partial charge in [0.15, 0.2) is 5.78 Å². The van der Waals surface area contributed by atoms with Crippen molar-refractivity contribution in [1.82, 2.24) is 9.97 Å². The van der Waals surface area contributed by atoms with Crippen LogP contribution < -0.4 is 10.1 Å². The molecule has 3 aromatic carbocycles. The zero-order valence-corrected chi connectivity index (χ0v) is 18.7. The van der Waals surface area contributed by atoms with Crippen LogP contribution in [0.2, 0.25) is 0 Å². The number of amides is 1. The molecule has 0 saturated carbocycles. The van der Waals surface area contributed by atoms with Crippen LogP contribution >= 0.6 is 15.9 Å². The van der Waals surface area contributed by atoms with E-state index < -0.39 is 0 Å². The number of ether oxygens (including phenoxy) is 1. The maximum absolute atomic E-state index is 13.0. The zero-order chi connectivity index (χ0) is 22.5. The van der Waals surface area contributed by atoms with E-state index in [1.54, 1.807) is 85.2 Å². The van der Waals surface area contributed by atoms with Gasteiger partial charge in [0, 0.05) is 33.7 Å². The van der Waals surface area contributed by atoms with Crippen molar-refractivity contribution in [3.05, 3.63) is 112 Å². The van der Waals surface area contributed by atoms with Crippen LogP contribution in [0.4, 0.5) is 5.69 Å². The van der Waals surface area contributed by atoms with Gasteiger partial charge < -0.3 is 10.1 Å². The Labute approximate surface area is 193 Å². The van der Waals surface area contributed by atoms with Gasteiger partial charge in [0.05, 0.1) is 5.56 Å². The molecule has 1 aromatic heterocycles. The first kappa shape index (κ1) is 21.4. The quantitative estimate of drug-likeness (QED) is 0.346. The van der Waals surface area contributed by atoms with Crippen molar-refractivity contribution in [1.29, 1.82) is 0 Å². The highest BCUT2D eigenvalue weighted by atomic mass is 79.9. The third-order valence-electron chi connectivity index (χ3n) is 4.72. The summed E-state index contributed by atoms with van der Waals surface area (Å²) in [6.45, 7) is 1.85. The average molecular weight is 488 g/mol. The second-order valence-corrected chi connectivity index (χ2v) is 7.86. The minimum Gasteiger partial charge on any atom is -0.424 e. The number of anilines is 1. The molecule has 0 aliphatic heterocycles. The molecule has 4 rings (SSSR count). The lowest BCUT2D eigenvalue weighted by atomic mass is 9.98. The molecule has 0 fully saturated rings. The highest BCUT2D eigenvalue weighted by molar-refractivity contribution is 9.10. The monoisotopic (exact) mass is 487 g/mol. The van der Waals surface area contributed by atoms with Gasteiger partial charge in [-0.2, -0.15) is 0 Å². The molecule has 158 valence electrons. The van der Waals surface area contributed by atoms with Crippen molar-refractivity contribution in [2.24, 2.45) is 0 Å². The fourth-order valence-electron chi connectivity index (χ4n) is 3.11. The lowest BCUT2D eigenvalue weighted by Crippen LogP contribution is -2.17. The molecule has 4 aromatic rings. The van der Waals surface area contributed by atoms with Gasteiger partial charge in [0.2, 0.25) is 0 Å². The van der Waals surface area contributed by atoms with Crippen LogP contribution in [-0.4, -0.2) is 21.7 Å². The summed E-state index contributed by atoms with van der Waals surface area (Å²) in [5.74, 6) is -0.0293. The Morgan fingerprint density at radius 1 is 0.875 bits per heavy atom. The van der Waals surface area contributed by atoms with E-state index in [1.165, 1.54) is 0 Å². The number of aromatic nitrogens is 2. The normalized spacial score (nSPS) is 10.4. The number of hydrogen-bond donors (Lipinski definition) is 1. The molecule has 0 aliphatic carbocycles. The topological polar surface area (TPSA) is 81.2 Å². The predicted octanol–water partition coefficient (Wildman–Crippen LogP) is 5.82. The standard InChI is InChI=1S/C25H18BrN3O3/c1-16-15-19(32-25-27-13-4-14-28-25)11-12-22(16)29-24(31)21-6-3-2-5-20(21)23(30)17-7-9-18(26)10-8-17/h2-15H,1H3,(H,29,31). The van der Waals surface area contributed by atoms with E-state index in [9.17, 15) is 9.59 Å². The fourth-order valence-corrected chi connectivity index (χ4v) is 3.37. The molecule has 1 N–H and O–H groups in total. The van der Waals surface area contributed by atoms with Crippen molar-refractivity contribution in [3.63, 3.8) is 0 Å². The minimum atomic E-state index is -0.366. The summed E-state index contributed by atoms with van der Waals surface area (Å²) in [4.78, 5) is 34.1. The molecule has 0 saturated heterocycles. The Bertz CT molecular complexity index is 1280. The zero-order valence-electron chi connectivity index (χ0n) is 17.1. The number of rotatable bonds is 6. The Balaban J connectivity index is 1.54. The van der Waals surface area contributed by atoms with E-state index in [2.05, 4.69) is 31.2 Å². The van der Waals surface area contributed by atoms with Gasteiger partial charge in [-0.3, -0.25) is 9.59 Å². The molecule has 0 spiro atoms. The van der Waals surface area contributed by atoms with Gasteiger partial charge in [-0.05, 0) is 67.1 Å². The van der Waals surface area contributed by atoms with Crippen LogP contribution in [0.25, 0.3) is 0 Å². The third kappa shape index (κ3) is 4.90. The van der Waals surface area contributed by atoms with Crippen LogP contribution in [0.1, 0.15) is 31.8 Å². The highest BCUT2D eigenvalue weighted by Gasteiger charge is 2.19. The van der Waals surface area contributed by atoms with Crippen molar-refractivity contribution >= 4 is 33.3 Å². The molecule has 0 aliphatic rings. The summed E-state index contributed by atoms with van der Waals surface area (Å²) in [6, 6.07) is 21.0. The average Bonchev–Trinajstić information content (AvgIpc) is 2.81. The summed E-state index contributed by atoms with van der Waals surface area (Å²) in [7, 11) is 0. The van der Waals surface area contributed by atoms with E-state index >= 15 is 0 Å². The van der Waals surface area contributed by atoms with E-state index in [-0.39, 0.29) is 17.7 Å². The van der Waals surface area contributed by atoms with Crippen molar-refractivity contribution in [2.45, 2.75) is 6.92 Å². The molecule has 32 heavy (non-hydrogen) atoms. The molecule has 6 nitrogen and oxygen atoms in total. The van der Waals surface area contributed by atoms with Gasteiger partial charge in [-0.25, -0.2) is 9.97 Å². The Hall–Kier alpha value is -3.84. The first-order valence-corrected chi connectivity index (χ1v) is 10.6. The van der Waals surface area contributed by atoms with Crippen molar-refractivity contribution in [2.75, 3.05) is 5.32 Å². The van der Waals surface area contributed by atoms with Gasteiger partial charge in [-0.1, -0.05) is 34.1 Å². The molecule has 1 heterocycles.